The summed E-state index contributed by atoms with van der Waals surface area (Å²) in [6.07, 6.45) is 0. The molecule has 0 aromatic heterocycles. The summed E-state index contributed by atoms with van der Waals surface area (Å²) in [5, 5.41) is 3.18. The van der Waals surface area contributed by atoms with Crippen molar-refractivity contribution in [1.29, 1.82) is 0 Å². The van der Waals surface area contributed by atoms with Gasteiger partial charge in [0.1, 0.15) is 0 Å². The predicted molar refractivity (Wildman–Crippen MR) is 101 cm³/mol. The largest absolute Gasteiger partial charge is 0.341 e. The number of rotatable bonds is 4. The Morgan fingerprint density at radius 2 is 1.50 bits per heavy atom. The number of benzene rings is 3. The molecule has 1 unspecified atom stereocenters. The van der Waals surface area contributed by atoms with Crippen molar-refractivity contribution in [3.8, 4) is 0 Å². The maximum atomic E-state index is 12.8. The number of amides is 1. The van der Waals surface area contributed by atoms with Gasteiger partial charge in [0, 0.05) is 10.0 Å². The third-order valence-electron chi connectivity index (χ3n) is 4.01. The van der Waals surface area contributed by atoms with Crippen LogP contribution in [0.5, 0.6) is 0 Å². The quantitative estimate of drug-likeness (QED) is 0.656. The molecule has 1 N–H and O–H groups in total. The molecule has 2 nitrogen and oxygen atoms in total. The lowest BCUT2D eigenvalue weighted by atomic mass is 9.98. The molecule has 0 spiro atoms. The zero-order valence-corrected chi connectivity index (χ0v) is 15.0. The van der Waals surface area contributed by atoms with Gasteiger partial charge in [-0.1, -0.05) is 82.7 Å². The van der Waals surface area contributed by atoms with Crippen LogP contribution >= 0.6 is 15.9 Å². The maximum Gasteiger partial charge on any atom is 0.252 e. The molecular formula is C21H18BrNO. The van der Waals surface area contributed by atoms with Gasteiger partial charge in [-0.2, -0.15) is 0 Å². The lowest BCUT2D eigenvalue weighted by molar-refractivity contribution is 0.0942. The number of carbonyl (C=O) groups excluding carboxylic acids is 1. The van der Waals surface area contributed by atoms with Crippen LogP contribution in [0.3, 0.4) is 0 Å². The van der Waals surface area contributed by atoms with Gasteiger partial charge in [0.2, 0.25) is 0 Å². The molecule has 3 heteroatoms. The van der Waals surface area contributed by atoms with E-state index in [0.29, 0.717) is 5.56 Å². The second kappa shape index (κ2) is 7.45. The molecule has 0 aliphatic carbocycles. The van der Waals surface area contributed by atoms with Crippen LogP contribution in [0.2, 0.25) is 0 Å². The highest BCUT2D eigenvalue weighted by molar-refractivity contribution is 9.10. The average molecular weight is 380 g/mol. The molecule has 0 saturated heterocycles. The fourth-order valence-electron chi connectivity index (χ4n) is 2.73. The third-order valence-corrected chi connectivity index (χ3v) is 4.74. The van der Waals surface area contributed by atoms with Crippen molar-refractivity contribution in [3.63, 3.8) is 0 Å². The Hall–Kier alpha value is -2.39. The normalized spacial score (nSPS) is 11.8. The molecule has 1 amide bonds. The Kier molecular flexibility index (Phi) is 5.11. The first-order valence-corrected chi connectivity index (χ1v) is 8.62. The van der Waals surface area contributed by atoms with Crippen LogP contribution in [0, 0.1) is 6.92 Å². The Bertz CT molecular complexity index is 845. The van der Waals surface area contributed by atoms with Gasteiger partial charge in [-0.15, -0.1) is 0 Å². The SMILES string of the molecule is Cc1ccccc1C(=O)NC(c1ccccc1)c1ccccc1Br. The molecule has 3 aromatic carbocycles. The molecule has 0 aliphatic heterocycles. The highest BCUT2D eigenvalue weighted by Gasteiger charge is 2.20. The smallest absolute Gasteiger partial charge is 0.252 e. The van der Waals surface area contributed by atoms with Crippen molar-refractivity contribution >= 4 is 21.8 Å². The van der Waals surface area contributed by atoms with Gasteiger partial charge >= 0.3 is 0 Å². The van der Waals surface area contributed by atoms with Crippen LogP contribution in [0.25, 0.3) is 0 Å². The molecule has 0 aliphatic rings. The molecule has 0 radical (unpaired) electrons. The summed E-state index contributed by atoms with van der Waals surface area (Å²) in [6, 6.07) is 25.4. The van der Waals surface area contributed by atoms with E-state index in [1.807, 2.05) is 85.8 Å². The topological polar surface area (TPSA) is 29.1 Å². The van der Waals surface area contributed by atoms with Crippen LogP contribution in [-0.4, -0.2) is 5.91 Å². The zero-order valence-electron chi connectivity index (χ0n) is 13.4. The first-order valence-electron chi connectivity index (χ1n) is 7.82. The first-order chi connectivity index (χ1) is 11.7. The number of nitrogens with one attached hydrogen (secondary N) is 1. The second-order valence-corrected chi connectivity index (χ2v) is 6.51. The van der Waals surface area contributed by atoms with Crippen molar-refractivity contribution in [2.45, 2.75) is 13.0 Å². The summed E-state index contributed by atoms with van der Waals surface area (Å²) < 4.78 is 0.976. The fourth-order valence-corrected chi connectivity index (χ4v) is 3.25. The van der Waals surface area contributed by atoms with E-state index in [-0.39, 0.29) is 11.9 Å². The van der Waals surface area contributed by atoms with Crippen LogP contribution in [0.4, 0.5) is 0 Å². The number of halogens is 1. The molecule has 0 bridgehead atoms. The summed E-state index contributed by atoms with van der Waals surface area (Å²) in [5.74, 6) is -0.0716. The van der Waals surface area contributed by atoms with Gasteiger partial charge in [0.05, 0.1) is 6.04 Å². The Morgan fingerprint density at radius 3 is 2.21 bits per heavy atom. The third kappa shape index (κ3) is 3.57. The molecular weight excluding hydrogens is 362 g/mol. The monoisotopic (exact) mass is 379 g/mol. The standard InChI is InChI=1S/C21H18BrNO/c1-15-9-5-6-12-17(15)21(24)23-20(16-10-3-2-4-11-16)18-13-7-8-14-19(18)22/h2-14,20H,1H3,(H,23,24). The van der Waals surface area contributed by atoms with E-state index in [1.54, 1.807) is 0 Å². The number of carbonyl (C=O) groups is 1. The van der Waals surface area contributed by atoms with Gasteiger partial charge in [0.25, 0.3) is 5.91 Å². The first kappa shape index (κ1) is 16.5. The van der Waals surface area contributed by atoms with E-state index < -0.39 is 0 Å². The molecule has 3 aromatic rings. The van der Waals surface area contributed by atoms with Crippen LogP contribution in [0.1, 0.15) is 33.1 Å². The Morgan fingerprint density at radius 1 is 0.875 bits per heavy atom. The van der Waals surface area contributed by atoms with E-state index in [2.05, 4.69) is 21.2 Å². The van der Waals surface area contributed by atoms with Crippen LogP contribution in [-0.2, 0) is 0 Å². The Balaban J connectivity index is 1.99. The number of hydrogen-bond donors (Lipinski definition) is 1. The summed E-state index contributed by atoms with van der Waals surface area (Å²) in [7, 11) is 0. The van der Waals surface area contributed by atoms with Gasteiger partial charge in [-0.05, 0) is 35.7 Å². The maximum absolute atomic E-state index is 12.8. The summed E-state index contributed by atoms with van der Waals surface area (Å²) in [4.78, 5) is 12.8. The zero-order chi connectivity index (χ0) is 16.9. The molecule has 0 fully saturated rings. The Labute approximate surface area is 150 Å². The summed E-state index contributed by atoms with van der Waals surface area (Å²) in [5.41, 5.74) is 3.75. The van der Waals surface area contributed by atoms with Crippen LogP contribution < -0.4 is 5.32 Å². The molecule has 1 atom stereocenters. The van der Waals surface area contributed by atoms with E-state index in [9.17, 15) is 4.79 Å². The van der Waals surface area contributed by atoms with Crippen molar-refractivity contribution < 1.29 is 4.79 Å². The molecule has 24 heavy (non-hydrogen) atoms. The fraction of sp³-hybridized carbons (Fsp3) is 0.0952. The van der Waals surface area contributed by atoms with E-state index in [4.69, 9.17) is 0 Å². The van der Waals surface area contributed by atoms with Crippen molar-refractivity contribution in [2.24, 2.45) is 0 Å². The minimum absolute atomic E-state index is 0.0716. The predicted octanol–water partition coefficient (Wildman–Crippen LogP) is 5.28. The molecule has 0 saturated carbocycles. The summed E-state index contributed by atoms with van der Waals surface area (Å²) >= 11 is 3.60. The van der Waals surface area contributed by atoms with E-state index in [0.717, 1.165) is 21.2 Å². The highest BCUT2D eigenvalue weighted by Crippen LogP contribution is 2.29. The van der Waals surface area contributed by atoms with E-state index >= 15 is 0 Å². The molecule has 0 heterocycles. The highest BCUT2D eigenvalue weighted by atomic mass is 79.9. The van der Waals surface area contributed by atoms with Crippen molar-refractivity contribution in [1.82, 2.24) is 5.32 Å². The van der Waals surface area contributed by atoms with E-state index in [1.165, 1.54) is 0 Å². The van der Waals surface area contributed by atoms with Crippen LogP contribution in [0.15, 0.2) is 83.3 Å². The van der Waals surface area contributed by atoms with Crippen molar-refractivity contribution in [3.05, 3.63) is 106 Å². The van der Waals surface area contributed by atoms with Crippen molar-refractivity contribution in [2.75, 3.05) is 0 Å². The van der Waals surface area contributed by atoms with Gasteiger partial charge < -0.3 is 5.32 Å². The second-order valence-electron chi connectivity index (χ2n) is 5.65. The average Bonchev–Trinajstić information content (AvgIpc) is 2.61. The van der Waals surface area contributed by atoms with Gasteiger partial charge in [-0.25, -0.2) is 0 Å². The van der Waals surface area contributed by atoms with Gasteiger partial charge in [0.15, 0.2) is 0 Å². The number of hydrogen-bond acceptors (Lipinski definition) is 1. The molecule has 120 valence electrons. The lowest BCUT2D eigenvalue weighted by Crippen LogP contribution is -2.30. The lowest BCUT2D eigenvalue weighted by Gasteiger charge is -2.21. The van der Waals surface area contributed by atoms with Gasteiger partial charge in [-0.3, -0.25) is 4.79 Å². The number of aryl methyl sites for hydroxylation is 1. The molecule has 3 rings (SSSR count). The minimum Gasteiger partial charge on any atom is -0.341 e. The minimum atomic E-state index is -0.214. The summed E-state index contributed by atoms with van der Waals surface area (Å²) in [6.45, 7) is 1.95.